The normalized spacial score (nSPS) is 29.6. The third-order valence-electron chi connectivity index (χ3n) is 3.13. The average Bonchev–Trinajstić information content (AvgIpc) is 2.23. The van der Waals surface area contributed by atoms with Crippen LogP contribution < -0.4 is 0 Å². The fraction of sp³-hybridized carbons (Fsp3) is 0.750. The molecule has 0 heterocycles. The molecule has 17 heavy (non-hydrogen) atoms. The largest absolute Gasteiger partial charge is 0.468 e. The van der Waals surface area contributed by atoms with E-state index in [2.05, 4.69) is 4.74 Å². The first-order valence-electron chi connectivity index (χ1n) is 5.67. The molecule has 0 amide bonds. The van der Waals surface area contributed by atoms with Gasteiger partial charge in [0.25, 0.3) is 0 Å². The Balaban J connectivity index is 2.91. The predicted octanol–water partition coefficient (Wildman–Crippen LogP) is 0.131. The molecule has 5 heteroatoms. The maximum absolute atomic E-state index is 12.1. The molecule has 1 aliphatic carbocycles. The van der Waals surface area contributed by atoms with Crippen LogP contribution in [0.15, 0.2) is 0 Å². The van der Waals surface area contributed by atoms with Crippen molar-refractivity contribution in [2.45, 2.75) is 13.3 Å². The Hall–Kier alpha value is -1.23. The second kappa shape index (κ2) is 5.40. The molecule has 0 aliphatic heterocycles. The van der Waals surface area contributed by atoms with Gasteiger partial charge < -0.3 is 9.64 Å². The molecule has 1 fully saturated rings. The number of hydrogen-bond donors (Lipinski definition) is 0. The Bertz CT molecular complexity index is 337. The van der Waals surface area contributed by atoms with E-state index in [9.17, 15) is 14.4 Å². The van der Waals surface area contributed by atoms with Crippen LogP contribution in [0.2, 0.25) is 0 Å². The molecule has 1 saturated carbocycles. The molecule has 0 bridgehead atoms. The van der Waals surface area contributed by atoms with Crippen LogP contribution >= 0.6 is 0 Å². The van der Waals surface area contributed by atoms with E-state index in [1.807, 2.05) is 0 Å². The fourth-order valence-corrected chi connectivity index (χ4v) is 2.27. The van der Waals surface area contributed by atoms with Gasteiger partial charge in [0.15, 0.2) is 5.78 Å². The van der Waals surface area contributed by atoms with Gasteiger partial charge in [0.2, 0.25) is 0 Å². The summed E-state index contributed by atoms with van der Waals surface area (Å²) in [4.78, 5) is 37.3. The van der Waals surface area contributed by atoms with E-state index in [4.69, 9.17) is 0 Å². The van der Waals surface area contributed by atoms with Gasteiger partial charge >= 0.3 is 5.97 Å². The van der Waals surface area contributed by atoms with Crippen LogP contribution in [0.4, 0.5) is 0 Å². The van der Waals surface area contributed by atoms with Crippen molar-refractivity contribution in [3.8, 4) is 0 Å². The van der Waals surface area contributed by atoms with Crippen LogP contribution in [0.5, 0.6) is 0 Å². The molecule has 0 saturated heterocycles. The number of methoxy groups -OCH3 is 1. The Kier molecular flexibility index (Phi) is 4.40. The molecular weight excluding hydrogens is 222 g/mol. The second-order valence-electron chi connectivity index (χ2n) is 4.87. The third kappa shape index (κ3) is 2.91. The van der Waals surface area contributed by atoms with Gasteiger partial charge in [0, 0.05) is 13.0 Å². The minimum atomic E-state index is -0.789. The highest BCUT2D eigenvalue weighted by Gasteiger charge is 2.45. The first kappa shape index (κ1) is 13.8. The number of esters is 1. The number of hydrogen-bond acceptors (Lipinski definition) is 5. The van der Waals surface area contributed by atoms with E-state index in [-0.39, 0.29) is 23.9 Å². The SMILES string of the molecule is COC(=O)[C@@H]1C(=O)[C@@H](CN(C)C)C(=O)C[C@H]1C. The lowest BCUT2D eigenvalue weighted by atomic mass is 9.73. The minimum Gasteiger partial charge on any atom is -0.468 e. The Morgan fingerprint density at radius 1 is 1.41 bits per heavy atom. The molecule has 96 valence electrons. The lowest BCUT2D eigenvalue weighted by molar-refractivity contribution is -0.156. The summed E-state index contributed by atoms with van der Waals surface area (Å²) in [6, 6.07) is 0. The molecule has 0 aromatic carbocycles. The maximum atomic E-state index is 12.1. The molecule has 3 atom stereocenters. The molecule has 0 aromatic heterocycles. The maximum Gasteiger partial charge on any atom is 0.316 e. The highest BCUT2D eigenvalue weighted by Crippen LogP contribution is 2.29. The quantitative estimate of drug-likeness (QED) is 0.519. The van der Waals surface area contributed by atoms with Gasteiger partial charge in [0.1, 0.15) is 11.7 Å². The predicted molar refractivity (Wildman–Crippen MR) is 61.3 cm³/mol. The van der Waals surface area contributed by atoms with E-state index >= 15 is 0 Å². The van der Waals surface area contributed by atoms with Crippen molar-refractivity contribution in [3.05, 3.63) is 0 Å². The average molecular weight is 241 g/mol. The van der Waals surface area contributed by atoms with Crippen molar-refractivity contribution in [1.29, 1.82) is 0 Å². The van der Waals surface area contributed by atoms with Crippen molar-refractivity contribution in [1.82, 2.24) is 4.90 Å². The zero-order valence-corrected chi connectivity index (χ0v) is 10.7. The standard InChI is InChI=1S/C12H19NO4/c1-7-5-9(14)8(6-13(2)3)11(15)10(7)12(16)17-4/h7-8,10H,5-6H2,1-4H3/t7-,8+,10+/m1/s1. The summed E-state index contributed by atoms with van der Waals surface area (Å²) in [7, 11) is 4.86. The number of ether oxygens (including phenoxy) is 1. The van der Waals surface area contributed by atoms with Crippen LogP contribution in [0, 0.1) is 17.8 Å². The minimum absolute atomic E-state index is 0.0728. The summed E-state index contributed by atoms with van der Waals surface area (Å²) in [5.74, 6) is -2.64. The van der Waals surface area contributed by atoms with Crippen LogP contribution in [-0.2, 0) is 19.1 Å². The topological polar surface area (TPSA) is 63.7 Å². The molecule has 0 spiro atoms. The van der Waals surface area contributed by atoms with Gasteiger partial charge in [-0.1, -0.05) is 6.92 Å². The summed E-state index contributed by atoms with van der Waals surface area (Å²) < 4.78 is 4.63. The lowest BCUT2D eigenvalue weighted by Gasteiger charge is -2.31. The molecule has 0 aromatic rings. The summed E-state index contributed by atoms with van der Waals surface area (Å²) in [5, 5.41) is 0. The van der Waals surface area contributed by atoms with Crippen molar-refractivity contribution in [2.24, 2.45) is 17.8 Å². The van der Waals surface area contributed by atoms with Gasteiger partial charge in [-0.25, -0.2) is 0 Å². The number of nitrogens with zero attached hydrogens (tertiary/aromatic N) is 1. The number of Topliss-reactive ketones (excluding diaryl/α,β-unsaturated/α-hetero) is 2. The van der Waals surface area contributed by atoms with Gasteiger partial charge in [-0.15, -0.1) is 0 Å². The summed E-state index contributed by atoms with van der Waals surface area (Å²) >= 11 is 0. The first-order chi connectivity index (χ1) is 7.88. The Morgan fingerprint density at radius 2 is 2.00 bits per heavy atom. The molecular formula is C12H19NO4. The summed E-state index contributed by atoms with van der Waals surface area (Å²) in [5.41, 5.74) is 0. The molecule has 1 rings (SSSR count). The summed E-state index contributed by atoms with van der Waals surface area (Å²) in [6.45, 7) is 2.10. The first-order valence-corrected chi connectivity index (χ1v) is 5.67. The van der Waals surface area contributed by atoms with Gasteiger partial charge in [-0.3, -0.25) is 14.4 Å². The van der Waals surface area contributed by atoms with Gasteiger partial charge in [-0.05, 0) is 20.0 Å². The number of ketones is 2. The van der Waals surface area contributed by atoms with Crippen LogP contribution in [-0.4, -0.2) is 50.2 Å². The smallest absolute Gasteiger partial charge is 0.316 e. The van der Waals surface area contributed by atoms with E-state index in [1.165, 1.54) is 7.11 Å². The Labute approximate surface area is 101 Å². The molecule has 0 N–H and O–H groups in total. The Morgan fingerprint density at radius 3 is 2.47 bits per heavy atom. The van der Waals surface area contributed by atoms with Crippen molar-refractivity contribution in [2.75, 3.05) is 27.7 Å². The highest BCUT2D eigenvalue weighted by atomic mass is 16.5. The molecule has 0 unspecified atom stereocenters. The van der Waals surface area contributed by atoms with Crippen molar-refractivity contribution in [3.63, 3.8) is 0 Å². The van der Waals surface area contributed by atoms with Crippen molar-refractivity contribution >= 4 is 17.5 Å². The third-order valence-corrected chi connectivity index (χ3v) is 3.13. The lowest BCUT2D eigenvalue weighted by Crippen LogP contribution is -2.47. The van der Waals surface area contributed by atoms with Crippen LogP contribution in [0.25, 0.3) is 0 Å². The highest BCUT2D eigenvalue weighted by molar-refractivity contribution is 6.12. The van der Waals surface area contributed by atoms with E-state index in [0.29, 0.717) is 6.54 Å². The number of rotatable bonds is 3. The summed E-state index contributed by atoms with van der Waals surface area (Å²) in [6.07, 6.45) is 0.268. The molecule has 1 aliphatic rings. The number of carbonyl (C=O) groups is 3. The zero-order chi connectivity index (χ0) is 13.2. The van der Waals surface area contributed by atoms with Crippen LogP contribution in [0.3, 0.4) is 0 Å². The molecule has 5 nitrogen and oxygen atoms in total. The zero-order valence-electron chi connectivity index (χ0n) is 10.7. The van der Waals surface area contributed by atoms with Gasteiger partial charge in [-0.2, -0.15) is 0 Å². The van der Waals surface area contributed by atoms with Crippen molar-refractivity contribution < 1.29 is 19.1 Å². The number of carbonyl (C=O) groups excluding carboxylic acids is 3. The van der Waals surface area contributed by atoms with E-state index in [1.54, 1.807) is 25.9 Å². The second-order valence-corrected chi connectivity index (χ2v) is 4.87. The molecule has 0 radical (unpaired) electrons. The van der Waals surface area contributed by atoms with Gasteiger partial charge in [0.05, 0.1) is 13.0 Å². The van der Waals surface area contributed by atoms with E-state index in [0.717, 1.165) is 0 Å². The monoisotopic (exact) mass is 241 g/mol. The van der Waals surface area contributed by atoms with E-state index < -0.39 is 17.8 Å². The fourth-order valence-electron chi connectivity index (χ4n) is 2.27. The van der Waals surface area contributed by atoms with Crippen LogP contribution in [0.1, 0.15) is 13.3 Å².